The number of furan rings is 1. The average Bonchev–Trinajstić information content (AvgIpc) is 3.22. The van der Waals surface area contributed by atoms with Crippen molar-refractivity contribution in [3.63, 3.8) is 0 Å². The maximum Gasteiger partial charge on any atom is 0.287 e. The van der Waals surface area contributed by atoms with Crippen LogP contribution < -0.4 is 10.6 Å². The summed E-state index contributed by atoms with van der Waals surface area (Å²) in [5.41, 5.74) is 0. The Morgan fingerprint density at radius 3 is 2.92 bits per heavy atom. The Bertz CT molecular complexity index is 830. The minimum Gasteiger partial charge on any atom is -0.444 e. The third kappa shape index (κ3) is 3.99. The molecule has 0 aromatic carbocycles. The summed E-state index contributed by atoms with van der Waals surface area (Å²) in [6.07, 6.45) is 3.50. The van der Waals surface area contributed by atoms with Gasteiger partial charge >= 0.3 is 0 Å². The number of amides is 1. The molecule has 0 saturated heterocycles. The zero-order chi connectivity index (χ0) is 16.9. The van der Waals surface area contributed by atoms with Gasteiger partial charge in [-0.3, -0.25) is 4.79 Å². The van der Waals surface area contributed by atoms with Gasteiger partial charge in [0.25, 0.3) is 5.91 Å². The van der Waals surface area contributed by atoms with E-state index in [4.69, 9.17) is 4.42 Å². The molecule has 9 heteroatoms. The highest BCUT2D eigenvalue weighted by Crippen LogP contribution is 2.13. The number of hydrogen-bond acceptors (Lipinski definition) is 6. The van der Waals surface area contributed by atoms with Crippen LogP contribution in [0.4, 0.5) is 5.82 Å². The predicted molar refractivity (Wildman–Crippen MR) is 91.1 cm³/mol. The van der Waals surface area contributed by atoms with Gasteiger partial charge in [0, 0.05) is 31.5 Å². The van der Waals surface area contributed by atoms with Gasteiger partial charge in [-0.1, -0.05) is 0 Å². The van der Waals surface area contributed by atoms with Crippen molar-refractivity contribution >= 4 is 27.7 Å². The van der Waals surface area contributed by atoms with Crippen molar-refractivity contribution in [3.05, 3.63) is 52.9 Å². The summed E-state index contributed by atoms with van der Waals surface area (Å²) in [7, 11) is 0. The first-order valence-electron chi connectivity index (χ1n) is 7.25. The monoisotopic (exact) mass is 390 g/mol. The molecule has 0 fully saturated rings. The van der Waals surface area contributed by atoms with Gasteiger partial charge < -0.3 is 15.1 Å². The van der Waals surface area contributed by atoms with Gasteiger partial charge in [-0.25, -0.2) is 14.6 Å². The van der Waals surface area contributed by atoms with Crippen molar-refractivity contribution in [2.24, 2.45) is 0 Å². The fourth-order valence-electron chi connectivity index (χ4n) is 2.05. The van der Waals surface area contributed by atoms with Gasteiger partial charge in [-0.05, 0) is 41.1 Å². The Kier molecular flexibility index (Phi) is 4.90. The number of halogens is 1. The molecule has 0 saturated carbocycles. The third-order valence-electron chi connectivity index (χ3n) is 3.08. The average molecular weight is 391 g/mol. The lowest BCUT2D eigenvalue weighted by atomic mass is 10.4. The number of carbonyl (C=O) groups excluding carboxylic acids is 1. The van der Waals surface area contributed by atoms with E-state index in [-0.39, 0.29) is 11.7 Å². The van der Waals surface area contributed by atoms with E-state index in [2.05, 4.69) is 41.6 Å². The van der Waals surface area contributed by atoms with Gasteiger partial charge in [0.15, 0.2) is 16.2 Å². The second-order valence-electron chi connectivity index (χ2n) is 4.90. The number of aryl methyl sites for hydroxylation is 1. The molecule has 0 atom stereocenters. The normalized spacial score (nSPS) is 10.6. The number of nitrogens with one attached hydrogen (secondary N) is 2. The first kappa shape index (κ1) is 16.2. The van der Waals surface area contributed by atoms with Crippen molar-refractivity contribution < 1.29 is 9.21 Å². The molecule has 3 rings (SSSR count). The summed E-state index contributed by atoms with van der Waals surface area (Å²) < 4.78 is 7.37. The number of nitrogens with zero attached hydrogens (tertiary/aromatic N) is 4. The Morgan fingerprint density at radius 1 is 1.33 bits per heavy atom. The van der Waals surface area contributed by atoms with Crippen molar-refractivity contribution in [1.82, 2.24) is 25.1 Å². The standard InChI is InChI=1S/C15H15BrN6O2/c1-10-20-13(9-14(21-10)22-8-2-5-19-22)17-6-7-18-15(23)11-3-4-12(16)24-11/h2-5,8-9H,6-7H2,1H3,(H,18,23)(H,17,20,21). The van der Waals surface area contributed by atoms with Gasteiger partial charge in [-0.2, -0.15) is 5.10 Å². The third-order valence-corrected chi connectivity index (χ3v) is 3.50. The molecule has 8 nitrogen and oxygen atoms in total. The SMILES string of the molecule is Cc1nc(NCCNC(=O)c2ccc(Br)o2)cc(-n2cccn2)n1. The first-order valence-corrected chi connectivity index (χ1v) is 8.04. The van der Waals surface area contributed by atoms with Gasteiger partial charge in [0.1, 0.15) is 11.6 Å². The maximum absolute atomic E-state index is 11.8. The highest BCUT2D eigenvalue weighted by Gasteiger charge is 2.09. The van der Waals surface area contributed by atoms with Crippen molar-refractivity contribution in [3.8, 4) is 5.82 Å². The van der Waals surface area contributed by atoms with Crippen LogP contribution in [-0.2, 0) is 0 Å². The van der Waals surface area contributed by atoms with Gasteiger partial charge in [0.05, 0.1) is 0 Å². The van der Waals surface area contributed by atoms with E-state index in [9.17, 15) is 4.79 Å². The first-order chi connectivity index (χ1) is 11.6. The molecule has 0 bridgehead atoms. The highest BCUT2D eigenvalue weighted by molar-refractivity contribution is 9.10. The zero-order valence-electron chi connectivity index (χ0n) is 12.9. The number of rotatable bonds is 6. The fraction of sp³-hybridized carbons (Fsp3) is 0.200. The van der Waals surface area contributed by atoms with Crippen molar-refractivity contribution in [1.29, 1.82) is 0 Å². The van der Waals surface area contributed by atoms with E-state index in [0.717, 1.165) is 0 Å². The molecule has 0 aliphatic rings. The second kappa shape index (κ2) is 7.26. The minimum absolute atomic E-state index is 0.265. The Balaban J connectivity index is 1.54. The minimum atomic E-state index is -0.265. The molecule has 3 aromatic heterocycles. The molecule has 24 heavy (non-hydrogen) atoms. The Labute approximate surface area is 146 Å². The molecule has 124 valence electrons. The second-order valence-corrected chi connectivity index (χ2v) is 5.68. The molecule has 2 N–H and O–H groups in total. The van der Waals surface area contributed by atoms with Crippen LogP contribution in [0, 0.1) is 6.92 Å². The molecular formula is C15H15BrN6O2. The molecule has 0 aliphatic heterocycles. The predicted octanol–water partition coefficient (Wildman–Crippen LogP) is 2.17. The molecule has 0 aliphatic carbocycles. The number of anilines is 1. The van der Waals surface area contributed by atoms with Crippen LogP contribution in [0.25, 0.3) is 5.82 Å². The lowest BCUT2D eigenvalue weighted by Gasteiger charge is -2.09. The van der Waals surface area contributed by atoms with Crippen LogP contribution in [0.3, 0.4) is 0 Å². The summed E-state index contributed by atoms with van der Waals surface area (Å²) in [4.78, 5) is 20.5. The van der Waals surface area contributed by atoms with Crippen LogP contribution in [0.2, 0.25) is 0 Å². The fourth-order valence-corrected chi connectivity index (χ4v) is 2.36. The number of aromatic nitrogens is 4. The number of hydrogen-bond donors (Lipinski definition) is 2. The van der Waals surface area contributed by atoms with Crippen LogP contribution >= 0.6 is 15.9 Å². The van der Waals surface area contributed by atoms with Crippen LogP contribution in [0.5, 0.6) is 0 Å². The van der Waals surface area contributed by atoms with E-state index < -0.39 is 0 Å². The molecule has 3 heterocycles. The van der Waals surface area contributed by atoms with E-state index >= 15 is 0 Å². The number of carbonyl (C=O) groups is 1. The van der Waals surface area contributed by atoms with Crippen molar-refractivity contribution in [2.75, 3.05) is 18.4 Å². The summed E-state index contributed by atoms with van der Waals surface area (Å²) in [6.45, 7) is 2.76. The molecule has 1 amide bonds. The highest BCUT2D eigenvalue weighted by atomic mass is 79.9. The molecule has 0 spiro atoms. The molecule has 0 radical (unpaired) electrons. The molecule has 3 aromatic rings. The van der Waals surface area contributed by atoms with E-state index in [1.165, 1.54) is 0 Å². The zero-order valence-corrected chi connectivity index (χ0v) is 14.4. The quantitative estimate of drug-likeness (QED) is 0.625. The summed E-state index contributed by atoms with van der Waals surface area (Å²) in [5, 5.41) is 10.1. The summed E-state index contributed by atoms with van der Waals surface area (Å²) in [5.74, 6) is 1.98. The van der Waals surface area contributed by atoms with Crippen molar-refractivity contribution in [2.45, 2.75) is 6.92 Å². The van der Waals surface area contributed by atoms with Crippen LogP contribution in [-0.4, -0.2) is 38.7 Å². The van der Waals surface area contributed by atoms with E-state index in [0.29, 0.717) is 35.2 Å². The topological polar surface area (TPSA) is 97.9 Å². The van der Waals surface area contributed by atoms with E-state index in [1.807, 2.05) is 19.2 Å². The smallest absolute Gasteiger partial charge is 0.287 e. The van der Waals surface area contributed by atoms with Gasteiger partial charge in [-0.15, -0.1) is 0 Å². The molecule has 0 unspecified atom stereocenters. The largest absolute Gasteiger partial charge is 0.444 e. The van der Waals surface area contributed by atoms with E-state index in [1.54, 1.807) is 29.1 Å². The maximum atomic E-state index is 11.8. The summed E-state index contributed by atoms with van der Waals surface area (Å²) >= 11 is 3.16. The Morgan fingerprint density at radius 2 is 2.21 bits per heavy atom. The Hall–Kier alpha value is -2.68. The van der Waals surface area contributed by atoms with Crippen LogP contribution in [0.1, 0.15) is 16.4 Å². The lowest BCUT2D eigenvalue weighted by molar-refractivity contribution is 0.0926. The molecular weight excluding hydrogens is 376 g/mol. The van der Waals surface area contributed by atoms with Gasteiger partial charge in [0.2, 0.25) is 0 Å². The lowest BCUT2D eigenvalue weighted by Crippen LogP contribution is -2.28. The van der Waals surface area contributed by atoms with Crippen LogP contribution in [0.15, 0.2) is 45.7 Å². The summed E-state index contributed by atoms with van der Waals surface area (Å²) in [6, 6.07) is 6.91.